The lowest BCUT2D eigenvalue weighted by Crippen LogP contribution is -1.97. The van der Waals surface area contributed by atoms with Crippen molar-refractivity contribution in [3.8, 4) is 0 Å². The first-order valence-electron chi connectivity index (χ1n) is 9.21. The molecule has 0 aliphatic heterocycles. The molecule has 0 amide bonds. The van der Waals surface area contributed by atoms with Crippen LogP contribution in [0.5, 0.6) is 0 Å². The summed E-state index contributed by atoms with van der Waals surface area (Å²) >= 11 is 0. The molecule has 0 fully saturated rings. The van der Waals surface area contributed by atoms with Crippen molar-refractivity contribution >= 4 is 10.4 Å². The SMILES string of the molecule is CCCCCCCCCCCCCCCCN.COS(=O)(=O)O. The van der Waals surface area contributed by atoms with E-state index >= 15 is 0 Å². The van der Waals surface area contributed by atoms with Crippen LogP contribution in [0, 0.1) is 0 Å². The summed E-state index contributed by atoms with van der Waals surface area (Å²) < 4.78 is 29.7. The maximum atomic E-state index is 9.33. The molecule has 0 rings (SSSR count). The lowest BCUT2D eigenvalue weighted by molar-refractivity contribution is 0.324. The minimum atomic E-state index is -4.16. The summed E-state index contributed by atoms with van der Waals surface area (Å²) in [6.45, 7) is 3.16. The molecule has 142 valence electrons. The molecule has 23 heavy (non-hydrogen) atoms. The standard InChI is InChI=1S/C16H35N.CH4O4S/c1-2-3-4-5-6-7-8-9-10-11-12-13-14-15-16-17;1-5-6(2,3)4/h2-17H2,1H3;1H3,(H,2,3,4). The molecule has 0 saturated heterocycles. The van der Waals surface area contributed by atoms with E-state index in [1.165, 1.54) is 89.9 Å². The van der Waals surface area contributed by atoms with Crippen LogP contribution in [0.3, 0.4) is 0 Å². The molecular weight excluding hydrogens is 314 g/mol. The Morgan fingerprint density at radius 1 is 0.739 bits per heavy atom. The maximum Gasteiger partial charge on any atom is 0.397 e. The van der Waals surface area contributed by atoms with Gasteiger partial charge in [-0.2, -0.15) is 8.42 Å². The highest BCUT2D eigenvalue weighted by Crippen LogP contribution is 2.12. The Balaban J connectivity index is 0. The average Bonchev–Trinajstić information content (AvgIpc) is 2.52. The third kappa shape index (κ3) is 30.3. The molecule has 0 aromatic rings. The molecule has 0 heterocycles. The first kappa shape index (κ1) is 25.1. The van der Waals surface area contributed by atoms with Gasteiger partial charge in [0.1, 0.15) is 0 Å². The van der Waals surface area contributed by atoms with Crippen molar-refractivity contribution in [2.75, 3.05) is 13.7 Å². The van der Waals surface area contributed by atoms with Gasteiger partial charge in [-0.1, -0.05) is 90.4 Å². The van der Waals surface area contributed by atoms with Gasteiger partial charge >= 0.3 is 10.4 Å². The van der Waals surface area contributed by atoms with E-state index in [1.54, 1.807) is 0 Å². The van der Waals surface area contributed by atoms with Crippen LogP contribution < -0.4 is 5.73 Å². The van der Waals surface area contributed by atoms with Crippen molar-refractivity contribution in [3.05, 3.63) is 0 Å². The second-order valence-electron chi connectivity index (χ2n) is 5.98. The monoisotopic (exact) mass is 353 g/mol. The van der Waals surface area contributed by atoms with E-state index in [-0.39, 0.29) is 0 Å². The van der Waals surface area contributed by atoms with E-state index in [2.05, 4.69) is 11.1 Å². The highest BCUT2D eigenvalue weighted by molar-refractivity contribution is 7.80. The second kappa shape index (κ2) is 19.9. The van der Waals surface area contributed by atoms with E-state index in [4.69, 9.17) is 10.3 Å². The number of rotatable bonds is 15. The number of hydrogen-bond donors (Lipinski definition) is 2. The zero-order chi connectivity index (χ0) is 17.8. The van der Waals surface area contributed by atoms with Gasteiger partial charge in [0.25, 0.3) is 0 Å². The van der Waals surface area contributed by atoms with Crippen LogP contribution in [0.15, 0.2) is 0 Å². The van der Waals surface area contributed by atoms with Crippen molar-refractivity contribution in [3.63, 3.8) is 0 Å². The van der Waals surface area contributed by atoms with Gasteiger partial charge in [-0.25, -0.2) is 0 Å². The Hall–Kier alpha value is -0.170. The number of unbranched alkanes of at least 4 members (excludes halogenated alkanes) is 13. The largest absolute Gasteiger partial charge is 0.397 e. The van der Waals surface area contributed by atoms with Gasteiger partial charge in [-0.3, -0.25) is 8.74 Å². The summed E-state index contributed by atoms with van der Waals surface area (Å²) in [6.07, 6.45) is 19.9. The molecule has 0 radical (unpaired) electrons. The fourth-order valence-electron chi connectivity index (χ4n) is 2.34. The fourth-order valence-corrected chi connectivity index (χ4v) is 2.34. The molecule has 0 aromatic carbocycles. The van der Waals surface area contributed by atoms with Crippen molar-refractivity contribution in [1.29, 1.82) is 0 Å². The Labute approximate surface area is 144 Å². The van der Waals surface area contributed by atoms with Crippen LogP contribution >= 0.6 is 0 Å². The van der Waals surface area contributed by atoms with E-state index < -0.39 is 10.4 Å². The van der Waals surface area contributed by atoms with Crippen molar-refractivity contribution in [2.24, 2.45) is 5.73 Å². The molecule has 0 saturated carbocycles. The van der Waals surface area contributed by atoms with Gasteiger partial charge in [-0.05, 0) is 13.0 Å². The Morgan fingerprint density at radius 3 is 1.22 bits per heavy atom. The van der Waals surface area contributed by atoms with Gasteiger partial charge in [-0.15, -0.1) is 0 Å². The molecule has 3 N–H and O–H groups in total. The molecule has 6 heteroatoms. The fraction of sp³-hybridized carbons (Fsp3) is 1.00. The van der Waals surface area contributed by atoms with Crippen LogP contribution in [0.4, 0.5) is 0 Å². The Morgan fingerprint density at radius 2 is 1.00 bits per heavy atom. The Bertz CT molecular complexity index is 294. The van der Waals surface area contributed by atoms with Gasteiger partial charge < -0.3 is 5.73 Å². The summed E-state index contributed by atoms with van der Waals surface area (Å²) in [6, 6.07) is 0. The highest BCUT2D eigenvalue weighted by atomic mass is 32.3. The average molecular weight is 354 g/mol. The third-order valence-corrected chi connectivity index (χ3v) is 4.19. The van der Waals surface area contributed by atoms with Crippen LogP contribution in [0.25, 0.3) is 0 Å². The molecule has 0 bridgehead atoms. The molecule has 0 aromatic heterocycles. The van der Waals surface area contributed by atoms with Gasteiger partial charge in [0.15, 0.2) is 0 Å². The van der Waals surface area contributed by atoms with Crippen molar-refractivity contribution < 1.29 is 17.2 Å². The van der Waals surface area contributed by atoms with E-state index in [0.717, 1.165) is 13.7 Å². The summed E-state index contributed by atoms with van der Waals surface area (Å²) in [5, 5.41) is 0. The zero-order valence-corrected chi connectivity index (χ0v) is 16.1. The van der Waals surface area contributed by atoms with E-state index in [9.17, 15) is 8.42 Å². The van der Waals surface area contributed by atoms with Crippen LogP contribution in [0.2, 0.25) is 0 Å². The van der Waals surface area contributed by atoms with E-state index in [0.29, 0.717) is 0 Å². The summed E-state index contributed by atoms with van der Waals surface area (Å²) in [5.74, 6) is 0. The van der Waals surface area contributed by atoms with Crippen molar-refractivity contribution in [2.45, 2.75) is 96.8 Å². The zero-order valence-electron chi connectivity index (χ0n) is 15.3. The highest BCUT2D eigenvalue weighted by Gasteiger charge is 1.94. The first-order chi connectivity index (χ1) is 11.0. The number of nitrogens with two attached hydrogens (primary N) is 1. The molecule has 0 unspecified atom stereocenters. The summed E-state index contributed by atoms with van der Waals surface area (Å²) in [5.41, 5.74) is 5.47. The number of hydrogen-bond acceptors (Lipinski definition) is 4. The predicted octanol–water partition coefficient (Wildman–Crippen LogP) is 4.86. The van der Waals surface area contributed by atoms with E-state index in [1.807, 2.05) is 0 Å². The van der Waals surface area contributed by atoms with Gasteiger partial charge in [0, 0.05) is 0 Å². The molecule has 0 aliphatic rings. The minimum absolute atomic E-state index is 0.870. The molecule has 0 atom stereocenters. The summed E-state index contributed by atoms with van der Waals surface area (Å²) in [7, 11) is -3.29. The summed E-state index contributed by atoms with van der Waals surface area (Å²) in [4.78, 5) is 0. The molecule has 0 spiro atoms. The lowest BCUT2D eigenvalue weighted by atomic mass is 10.0. The molecule has 0 aliphatic carbocycles. The second-order valence-corrected chi connectivity index (χ2v) is 7.17. The quantitative estimate of drug-likeness (QED) is 0.324. The lowest BCUT2D eigenvalue weighted by Gasteiger charge is -2.02. The predicted molar refractivity (Wildman–Crippen MR) is 97.9 cm³/mol. The van der Waals surface area contributed by atoms with Crippen LogP contribution in [0.1, 0.15) is 96.8 Å². The third-order valence-electron chi connectivity index (χ3n) is 3.77. The van der Waals surface area contributed by atoms with Crippen LogP contribution in [-0.2, 0) is 14.6 Å². The molecular formula is C17H39NO4S. The molecule has 5 nitrogen and oxygen atoms in total. The Kier molecular flexibility index (Phi) is 21.7. The topological polar surface area (TPSA) is 89.6 Å². The van der Waals surface area contributed by atoms with Gasteiger partial charge in [0.05, 0.1) is 7.11 Å². The van der Waals surface area contributed by atoms with Crippen LogP contribution in [-0.4, -0.2) is 26.6 Å². The normalized spacial score (nSPS) is 11.1. The first-order valence-corrected chi connectivity index (χ1v) is 10.6. The smallest absolute Gasteiger partial charge is 0.330 e. The van der Waals surface area contributed by atoms with Crippen molar-refractivity contribution in [1.82, 2.24) is 0 Å². The minimum Gasteiger partial charge on any atom is -0.330 e. The van der Waals surface area contributed by atoms with Gasteiger partial charge in [0.2, 0.25) is 0 Å². The maximum absolute atomic E-state index is 9.33.